The largest absolute Gasteiger partial charge is 1.00 e. The number of benzene rings is 1. The second-order valence-corrected chi connectivity index (χ2v) is 10.6. The van der Waals surface area contributed by atoms with Gasteiger partial charge in [0.1, 0.15) is 12.2 Å². The van der Waals surface area contributed by atoms with Gasteiger partial charge in [0.15, 0.2) is 6.10 Å². The van der Waals surface area contributed by atoms with Crippen molar-refractivity contribution in [3.63, 3.8) is 0 Å². The lowest BCUT2D eigenvalue weighted by molar-refractivity contribution is -0.965. The number of amides is 1. The standard InChI is InChI=1S/C28H35N3O3.ClH/c29-26(32)25(23-12-6-9-17-30-23)31-18-13-21(14-19-31)24(20-31)34-27(33)28(15-7-1-2-8-16-28)22-10-4-3-5-11-22;/h3-6,9-12,17,21,24-25H,1-2,7-8,13-16,18-20H2,(H-,29,32);1H/t21?,24-,25?,31?;/m0./s1. The Balaban J connectivity index is 0.00000289. The maximum Gasteiger partial charge on any atom is 0.317 e. The SMILES string of the molecule is NC(=O)C(c1ccccn1)[N+]12CCC(CC1)[C@@H](OC(=O)C1(c3ccccc3)CCCCCC1)C2.[Cl-]. The van der Waals surface area contributed by atoms with E-state index in [2.05, 4.69) is 17.1 Å². The van der Waals surface area contributed by atoms with Crippen LogP contribution >= 0.6 is 0 Å². The van der Waals surface area contributed by atoms with Crippen LogP contribution in [0.1, 0.15) is 68.7 Å². The van der Waals surface area contributed by atoms with Crippen LogP contribution in [0.25, 0.3) is 0 Å². The fraction of sp³-hybridized carbons (Fsp3) is 0.536. The van der Waals surface area contributed by atoms with E-state index in [1.165, 1.54) is 0 Å². The van der Waals surface area contributed by atoms with Gasteiger partial charge in [-0.3, -0.25) is 14.6 Å². The highest BCUT2D eigenvalue weighted by Crippen LogP contribution is 2.44. The first-order valence-corrected chi connectivity index (χ1v) is 12.9. The Kier molecular flexibility index (Phi) is 7.82. The van der Waals surface area contributed by atoms with E-state index in [0.717, 1.165) is 70.0 Å². The minimum atomic E-state index is -0.571. The summed E-state index contributed by atoms with van der Waals surface area (Å²) in [7, 11) is 0. The minimum absolute atomic E-state index is 0. The molecule has 1 aromatic heterocycles. The molecule has 2 aromatic rings. The lowest BCUT2D eigenvalue weighted by atomic mass is 9.74. The van der Waals surface area contributed by atoms with E-state index in [4.69, 9.17) is 10.5 Å². The lowest BCUT2D eigenvalue weighted by Crippen LogP contribution is -3.00. The van der Waals surface area contributed by atoms with Gasteiger partial charge >= 0.3 is 5.97 Å². The summed E-state index contributed by atoms with van der Waals surface area (Å²) in [6.07, 6.45) is 9.49. The van der Waals surface area contributed by atoms with Gasteiger partial charge in [-0.05, 0) is 30.5 Å². The smallest absolute Gasteiger partial charge is 0.317 e. The Hall–Kier alpha value is -2.44. The van der Waals surface area contributed by atoms with Crippen molar-refractivity contribution in [2.24, 2.45) is 11.7 Å². The van der Waals surface area contributed by atoms with Gasteiger partial charge in [-0.15, -0.1) is 0 Å². The summed E-state index contributed by atoms with van der Waals surface area (Å²) in [5.74, 6) is -0.0839. The number of rotatable bonds is 6. The van der Waals surface area contributed by atoms with Gasteiger partial charge in [-0.2, -0.15) is 0 Å². The van der Waals surface area contributed by atoms with Crippen molar-refractivity contribution in [2.45, 2.75) is 68.9 Å². The molecule has 6 rings (SSSR count). The Bertz CT molecular complexity index is 1000. The summed E-state index contributed by atoms with van der Waals surface area (Å²) in [4.78, 5) is 31.1. The van der Waals surface area contributed by atoms with Crippen molar-refractivity contribution >= 4 is 11.9 Å². The summed E-state index contributed by atoms with van der Waals surface area (Å²) in [6.45, 7) is 2.37. The monoisotopic (exact) mass is 497 g/mol. The van der Waals surface area contributed by atoms with Crippen LogP contribution in [0.5, 0.6) is 0 Å². The molecule has 3 aliphatic heterocycles. The molecule has 2 N–H and O–H groups in total. The topological polar surface area (TPSA) is 82.3 Å². The van der Waals surface area contributed by atoms with Crippen molar-refractivity contribution in [1.82, 2.24) is 4.98 Å². The van der Waals surface area contributed by atoms with Gasteiger partial charge in [0.2, 0.25) is 6.04 Å². The number of nitrogens with zero attached hydrogens (tertiary/aromatic N) is 2. The molecular weight excluding hydrogens is 462 g/mol. The zero-order chi connectivity index (χ0) is 23.6. The van der Waals surface area contributed by atoms with Gasteiger partial charge in [-0.1, -0.05) is 62.1 Å². The quantitative estimate of drug-likeness (QED) is 0.367. The normalized spacial score (nSPS) is 28.2. The average molecular weight is 498 g/mol. The zero-order valence-electron chi connectivity index (χ0n) is 20.3. The minimum Gasteiger partial charge on any atom is -1.00 e. The molecule has 4 fully saturated rings. The summed E-state index contributed by atoms with van der Waals surface area (Å²) in [5.41, 5.74) is 7.17. The molecule has 2 bridgehead atoms. The molecular formula is C28H36ClN3O3. The number of hydrogen-bond donors (Lipinski definition) is 1. The van der Waals surface area contributed by atoms with E-state index in [0.29, 0.717) is 22.6 Å². The number of quaternary nitrogens is 1. The number of aromatic nitrogens is 1. The summed E-state index contributed by atoms with van der Waals surface area (Å²) < 4.78 is 6.98. The van der Waals surface area contributed by atoms with Crippen molar-refractivity contribution in [1.29, 1.82) is 0 Å². The van der Waals surface area contributed by atoms with Crippen molar-refractivity contribution in [2.75, 3.05) is 19.6 Å². The van der Waals surface area contributed by atoms with Crippen molar-refractivity contribution in [3.05, 3.63) is 66.0 Å². The molecule has 1 aromatic carbocycles. The zero-order valence-corrected chi connectivity index (χ0v) is 21.0. The third kappa shape index (κ3) is 4.83. The number of halogens is 1. The first-order valence-electron chi connectivity index (χ1n) is 12.9. The molecule has 3 saturated heterocycles. The number of nitrogens with two attached hydrogens (primary N) is 1. The summed E-state index contributed by atoms with van der Waals surface area (Å²) in [5, 5.41) is 0. The molecule has 1 saturated carbocycles. The highest BCUT2D eigenvalue weighted by Gasteiger charge is 2.55. The molecule has 6 nitrogen and oxygen atoms in total. The maximum absolute atomic E-state index is 14.0. The molecule has 1 amide bonds. The van der Waals surface area contributed by atoms with E-state index >= 15 is 0 Å². The van der Waals surface area contributed by atoms with E-state index in [9.17, 15) is 9.59 Å². The predicted octanol–water partition coefficient (Wildman–Crippen LogP) is 1.06. The highest BCUT2D eigenvalue weighted by molar-refractivity contribution is 5.83. The van der Waals surface area contributed by atoms with E-state index in [1.54, 1.807) is 6.20 Å². The fourth-order valence-electron chi connectivity index (χ4n) is 6.85. The molecule has 0 spiro atoms. The molecule has 7 heteroatoms. The molecule has 1 unspecified atom stereocenters. The van der Waals surface area contributed by atoms with Crippen LogP contribution in [0, 0.1) is 5.92 Å². The molecule has 188 valence electrons. The molecule has 0 radical (unpaired) electrons. The van der Waals surface area contributed by atoms with E-state index < -0.39 is 11.5 Å². The Morgan fingerprint density at radius 3 is 2.23 bits per heavy atom. The number of hydrogen-bond acceptors (Lipinski definition) is 4. The van der Waals surface area contributed by atoms with E-state index in [1.807, 2.05) is 36.4 Å². The summed E-state index contributed by atoms with van der Waals surface area (Å²) >= 11 is 0. The van der Waals surface area contributed by atoms with Crippen LogP contribution in [0.15, 0.2) is 54.7 Å². The Labute approximate surface area is 214 Å². The number of fused-ring (bicyclic) bond motifs is 3. The van der Waals surface area contributed by atoms with Gasteiger partial charge in [0, 0.05) is 25.0 Å². The number of piperidine rings is 3. The van der Waals surface area contributed by atoms with Crippen LogP contribution in [-0.4, -0.2) is 47.1 Å². The fourth-order valence-corrected chi connectivity index (χ4v) is 6.85. The van der Waals surface area contributed by atoms with Crippen LogP contribution in [0.4, 0.5) is 0 Å². The predicted molar refractivity (Wildman–Crippen MR) is 129 cm³/mol. The van der Waals surface area contributed by atoms with Gasteiger partial charge in [0.25, 0.3) is 5.91 Å². The number of ether oxygens (including phenoxy) is 1. The van der Waals surface area contributed by atoms with Gasteiger partial charge < -0.3 is 27.4 Å². The third-order valence-electron chi connectivity index (χ3n) is 8.68. The molecule has 4 heterocycles. The van der Waals surface area contributed by atoms with Crippen molar-refractivity contribution in [3.8, 4) is 0 Å². The average Bonchev–Trinajstić information content (AvgIpc) is 3.13. The Morgan fingerprint density at radius 1 is 0.971 bits per heavy atom. The second kappa shape index (κ2) is 10.7. The van der Waals surface area contributed by atoms with Crippen LogP contribution in [-0.2, 0) is 19.7 Å². The summed E-state index contributed by atoms with van der Waals surface area (Å²) in [6, 6.07) is 15.3. The lowest BCUT2D eigenvalue weighted by Gasteiger charge is -2.54. The second-order valence-electron chi connectivity index (χ2n) is 10.6. The maximum atomic E-state index is 14.0. The Morgan fingerprint density at radius 2 is 1.63 bits per heavy atom. The first kappa shape index (κ1) is 25.6. The first-order chi connectivity index (χ1) is 16.5. The van der Waals surface area contributed by atoms with Gasteiger partial charge in [0.05, 0.1) is 18.5 Å². The number of primary amides is 1. The van der Waals surface area contributed by atoms with Gasteiger partial charge in [-0.25, -0.2) is 0 Å². The van der Waals surface area contributed by atoms with Crippen LogP contribution in [0.3, 0.4) is 0 Å². The van der Waals surface area contributed by atoms with Crippen molar-refractivity contribution < 1.29 is 31.2 Å². The number of carbonyl (C=O) groups excluding carboxylic acids is 2. The van der Waals surface area contributed by atoms with Crippen LogP contribution < -0.4 is 18.1 Å². The van der Waals surface area contributed by atoms with Crippen LogP contribution in [0.2, 0.25) is 0 Å². The molecule has 35 heavy (non-hydrogen) atoms. The number of esters is 1. The highest BCUT2D eigenvalue weighted by atomic mass is 35.5. The molecule has 1 aliphatic carbocycles. The number of pyridine rings is 1. The molecule has 2 atom stereocenters. The number of carbonyl (C=O) groups is 2. The molecule has 4 aliphatic rings. The third-order valence-corrected chi connectivity index (χ3v) is 8.68. The van der Waals surface area contributed by atoms with E-state index in [-0.39, 0.29) is 30.4 Å².